The van der Waals surface area contributed by atoms with E-state index in [1.807, 2.05) is 24.1 Å². The lowest BCUT2D eigenvalue weighted by atomic mass is 9.90. The molecule has 4 rings (SSSR count). The van der Waals surface area contributed by atoms with Gasteiger partial charge in [-0.15, -0.1) is 11.3 Å². The van der Waals surface area contributed by atoms with Crippen LogP contribution < -0.4 is 0 Å². The van der Waals surface area contributed by atoms with Gasteiger partial charge in [-0.1, -0.05) is 18.2 Å². The second-order valence-electron chi connectivity index (χ2n) is 6.72. The van der Waals surface area contributed by atoms with Gasteiger partial charge in [0.15, 0.2) is 0 Å². The molecular formula is C20H21N3OS. The van der Waals surface area contributed by atoms with E-state index in [4.69, 9.17) is 0 Å². The summed E-state index contributed by atoms with van der Waals surface area (Å²) in [7, 11) is 0. The molecule has 1 aromatic carbocycles. The van der Waals surface area contributed by atoms with Crippen LogP contribution in [0.1, 0.15) is 33.8 Å². The number of thiazole rings is 1. The van der Waals surface area contributed by atoms with Crippen LogP contribution in [0.3, 0.4) is 0 Å². The standard InChI is InChI=1S/C20H21N3OS/c1-14-19(25-13-22-14)20(24)23-10-4-5-15(12-23)11-16-8-9-21-18-7-3-2-6-17(16)18/h2-3,6-9,13,15H,4-5,10-12H2,1H3/t15-/m1/s1. The molecule has 0 spiro atoms. The molecule has 1 saturated heterocycles. The zero-order valence-electron chi connectivity index (χ0n) is 14.3. The minimum absolute atomic E-state index is 0.143. The molecule has 4 nitrogen and oxygen atoms in total. The summed E-state index contributed by atoms with van der Waals surface area (Å²) < 4.78 is 0. The fourth-order valence-electron chi connectivity index (χ4n) is 3.71. The van der Waals surface area contributed by atoms with Crippen molar-refractivity contribution < 1.29 is 4.79 Å². The third-order valence-electron chi connectivity index (χ3n) is 4.99. The normalized spacial score (nSPS) is 17.8. The summed E-state index contributed by atoms with van der Waals surface area (Å²) in [6.07, 6.45) is 5.12. The molecule has 0 bridgehead atoms. The fraction of sp³-hybridized carbons (Fsp3) is 0.350. The van der Waals surface area contributed by atoms with Crippen molar-refractivity contribution in [3.05, 3.63) is 58.2 Å². The Morgan fingerprint density at radius 3 is 3.00 bits per heavy atom. The molecule has 1 aliphatic rings. The first-order valence-electron chi connectivity index (χ1n) is 8.74. The average Bonchev–Trinajstić information content (AvgIpc) is 3.08. The zero-order chi connectivity index (χ0) is 17.2. The lowest BCUT2D eigenvalue weighted by Crippen LogP contribution is -2.40. The van der Waals surface area contributed by atoms with Crippen LogP contribution in [0.25, 0.3) is 10.9 Å². The van der Waals surface area contributed by atoms with Gasteiger partial charge in [-0.25, -0.2) is 4.98 Å². The molecule has 2 aromatic heterocycles. The number of fused-ring (bicyclic) bond motifs is 1. The number of rotatable bonds is 3. The SMILES string of the molecule is Cc1ncsc1C(=O)N1CCC[C@H](Cc2ccnc3ccccc23)C1. The van der Waals surface area contributed by atoms with Crippen molar-refractivity contribution in [2.24, 2.45) is 5.92 Å². The summed E-state index contributed by atoms with van der Waals surface area (Å²) in [6, 6.07) is 10.4. The van der Waals surface area contributed by atoms with Crippen molar-refractivity contribution in [3.8, 4) is 0 Å². The molecule has 1 atom stereocenters. The Labute approximate surface area is 151 Å². The molecule has 3 heterocycles. The zero-order valence-corrected chi connectivity index (χ0v) is 15.1. The third kappa shape index (κ3) is 3.29. The predicted molar refractivity (Wildman–Crippen MR) is 101 cm³/mol. The molecule has 1 amide bonds. The first-order valence-corrected chi connectivity index (χ1v) is 9.62. The van der Waals surface area contributed by atoms with Gasteiger partial charge in [-0.3, -0.25) is 9.78 Å². The summed E-state index contributed by atoms with van der Waals surface area (Å²) in [4.78, 5) is 24.2. The quantitative estimate of drug-likeness (QED) is 0.714. The van der Waals surface area contributed by atoms with Gasteiger partial charge in [0.2, 0.25) is 0 Å². The van der Waals surface area contributed by atoms with Crippen molar-refractivity contribution in [2.45, 2.75) is 26.2 Å². The van der Waals surface area contributed by atoms with Gasteiger partial charge < -0.3 is 4.90 Å². The molecule has 1 fully saturated rings. The molecular weight excluding hydrogens is 330 g/mol. The summed E-state index contributed by atoms with van der Waals surface area (Å²) in [6.45, 7) is 3.59. The lowest BCUT2D eigenvalue weighted by molar-refractivity contribution is 0.0677. The number of pyridine rings is 1. The molecule has 1 aliphatic heterocycles. The fourth-order valence-corrected chi connectivity index (χ4v) is 4.48. The molecule has 0 aliphatic carbocycles. The number of aryl methyl sites for hydroxylation is 1. The first-order chi connectivity index (χ1) is 12.2. The largest absolute Gasteiger partial charge is 0.338 e. The van der Waals surface area contributed by atoms with Gasteiger partial charge in [0, 0.05) is 24.7 Å². The van der Waals surface area contributed by atoms with E-state index in [9.17, 15) is 4.79 Å². The van der Waals surface area contributed by atoms with Gasteiger partial charge in [-0.2, -0.15) is 0 Å². The monoisotopic (exact) mass is 351 g/mol. The number of carbonyl (C=O) groups is 1. The maximum Gasteiger partial charge on any atom is 0.265 e. The van der Waals surface area contributed by atoms with Gasteiger partial charge in [0.05, 0.1) is 16.7 Å². The van der Waals surface area contributed by atoms with Crippen LogP contribution in [0, 0.1) is 12.8 Å². The van der Waals surface area contributed by atoms with E-state index < -0.39 is 0 Å². The van der Waals surface area contributed by atoms with Crippen LogP contribution in [0.15, 0.2) is 42.0 Å². The maximum atomic E-state index is 12.8. The van der Waals surface area contributed by atoms with E-state index in [0.717, 1.165) is 42.0 Å². The third-order valence-corrected chi connectivity index (χ3v) is 5.91. The van der Waals surface area contributed by atoms with Gasteiger partial charge in [-0.05, 0) is 49.8 Å². The van der Waals surface area contributed by atoms with E-state index >= 15 is 0 Å². The number of para-hydroxylation sites is 1. The van der Waals surface area contributed by atoms with Crippen molar-refractivity contribution in [2.75, 3.05) is 13.1 Å². The summed E-state index contributed by atoms with van der Waals surface area (Å²) in [5, 5.41) is 1.23. The average molecular weight is 351 g/mol. The minimum atomic E-state index is 0.143. The number of piperidine rings is 1. The Hall–Kier alpha value is -2.27. The second kappa shape index (κ2) is 6.92. The van der Waals surface area contributed by atoms with Crippen molar-refractivity contribution >= 4 is 28.1 Å². The first kappa shape index (κ1) is 16.2. The molecule has 3 aromatic rings. The summed E-state index contributed by atoms with van der Waals surface area (Å²) in [5.74, 6) is 0.640. The Morgan fingerprint density at radius 1 is 1.28 bits per heavy atom. The predicted octanol–water partition coefficient (Wildman–Crippen LogP) is 4.09. The molecule has 0 N–H and O–H groups in total. The highest BCUT2D eigenvalue weighted by Gasteiger charge is 2.26. The molecule has 0 saturated carbocycles. The molecule has 0 radical (unpaired) electrons. The number of hydrogen-bond donors (Lipinski definition) is 0. The van der Waals surface area contributed by atoms with Crippen molar-refractivity contribution in [1.29, 1.82) is 0 Å². The minimum Gasteiger partial charge on any atom is -0.338 e. The Kier molecular flexibility index (Phi) is 4.49. The van der Waals surface area contributed by atoms with E-state index in [1.54, 1.807) is 5.51 Å². The van der Waals surface area contributed by atoms with Gasteiger partial charge >= 0.3 is 0 Å². The Morgan fingerprint density at radius 2 is 2.16 bits per heavy atom. The molecule has 25 heavy (non-hydrogen) atoms. The Balaban J connectivity index is 1.52. The highest BCUT2D eigenvalue weighted by atomic mass is 32.1. The number of amides is 1. The number of nitrogens with zero attached hydrogens (tertiary/aromatic N) is 3. The number of aromatic nitrogens is 2. The Bertz CT molecular complexity index is 899. The smallest absolute Gasteiger partial charge is 0.265 e. The molecule has 5 heteroatoms. The topological polar surface area (TPSA) is 46.1 Å². The summed E-state index contributed by atoms with van der Waals surface area (Å²) in [5.41, 5.74) is 4.98. The van der Waals surface area contributed by atoms with Crippen LogP contribution in [0.2, 0.25) is 0 Å². The second-order valence-corrected chi connectivity index (χ2v) is 7.57. The summed E-state index contributed by atoms with van der Waals surface area (Å²) >= 11 is 1.45. The van der Waals surface area contributed by atoms with E-state index in [0.29, 0.717) is 5.92 Å². The van der Waals surface area contributed by atoms with Crippen LogP contribution in [-0.2, 0) is 6.42 Å². The van der Waals surface area contributed by atoms with Crippen LogP contribution in [-0.4, -0.2) is 33.9 Å². The van der Waals surface area contributed by atoms with Gasteiger partial charge in [0.1, 0.15) is 4.88 Å². The van der Waals surface area contributed by atoms with E-state index in [2.05, 4.69) is 34.2 Å². The number of carbonyl (C=O) groups excluding carboxylic acids is 1. The van der Waals surface area contributed by atoms with Crippen molar-refractivity contribution in [1.82, 2.24) is 14.9 Å². The van der Waals surface area contributed by atoms with Crippen molar-refractivity contribution in [3.63, 3.8) is 0 Å². The highest BCUT2D eigenvalue weighted by Crippen LogP contribution is 2.26. The number of benzene rings is 1. The lowest BCUT2D eigenvalue weighted by Gasteiger charge is -2.33. The number of hydrogen-bond acceptors (Lipinski definition) is 4. The maximum absolute atomic E-state index is 12.8. The highest BCUT2D eigenvalue weighted by molar-refractivity contribution is 7.11. The van der Waals surface area contributed by atoms with E-state index in [-0.39, 0.29) is 5.91 Å². The van der Waals surface area contributed by atoms with Crippen LogP contribution in [0.4, 0.5) is 0 Å². The molecule has 0 unspecified atom stereocenters. The molecule has 128 valence electrons. The van der Waals surface area contributed by atoms with Crippen LogP contribution in [0.5, 0.6) is 0 Å². The van der Waals surface area contributed by atoms with E-state index in [1.165, 1.54) is 28.7 Å². The number of likely N-dealkylation sites (tertiary alicyclic amines) is 1. The van der Waals surface area contributed by atoms with Gasteiger partial charge in [0.25, 0.3) is 5.91 Å². The van der Waals surface area contributed by atoms with Crippen LogP contribution >= 0.6 is 11.3 Å².